The van der Waals surface area contributed by atoms with Crippen molar-refractivity contribution in [2.45, 2.75) is 39.2 Å². The van der Waals surface area contributed by atoms with Crippen molar-refractivity contribution >= 4 is 16.8 Å². The van der Waals surface area contributed by atoms with Gasteiger partial charge in [0.05, 0.1) is 18.0 Å². The Morgan fingerprint density at radius 3 is 3.22 bits per heavy atom. The Morgan fingerprint density at radius 1 is 1.50 bits per heavy atom. The zero-order chi connectivity index (χ0) is 12.6. The number of pyridine rings is 1. The summed E-state index contributed by atoms with van der Waals surface area (Å²) >= 11 is 0. The summed E-state index contributed by atoms with van der Waals surface area (Å²) in [5.74, 6) is 0.398. The van der Waals surface area contributed by atoms with Gasteiger partial charge in [-0.1, -0.05) is 6.92 Å². The summed E-state index contributed by atoms with van der Waals surface area (Å²) < 4.78 is 2.15. The number of carbonyl (C=O) groups excluding carboxylic acids is 1. The molecular weight excluding hydrogens is 226 g/mol. The van der Waals surface area contributed by atoms with Crippen LogP contribution in [0.3, 0.4) is 0 Å². The lowest BCUT2D eigenvalue weighted by atomic mass is 9.75. The Hall–Kier alpha value is -1.71. The van der Waals surface area contributed by atoms with Gasteiger partial charge in [0.2, 0.25) is 0 Å². The third kappa shape index (κ3) is 2.03. The minimum atomic E-state index is 0.0756. The summed E-state index contributed by atoms with van der Waals surface area (Å²) in [6.07, 6.45) is 9.00. The molecule has 2 heterocycles. The number of aromatic nitrogens is 3. The van der Waals surface area contributed by atoms with Crippen molar-refractivity contribution in [3.8, 4) is 0 Å². The van der Waals surface area contributed by atoms with Crippen LogP contribution in [0.2, 0.25) is 0 Å². The van der Waals surface area contributed by atoms with E-state index < -0.39 is 0 Å². The van der Waals surface area contributed by atoms with E-state index in [-0.39, 0.29) is 5.41 Å². The summed E-state index contributed by atoms with van der Waals surface area (Å²) in [5.41, 5.74) is 2.10. The Labute approximate surface area is 106 Å². The molecule has 4 heteroatoms. The summed E-state index contributed by atoms with van der Waals surface area (Å²) in [4.78, 5) is 20.1. The molecule has 0 unspecified atom stereocenters. The number of carbonyl (C=O) groups is 1. The smallest absolute Gasteiger partial charge is 0.133 e. The largest absolute Gasteiger partial charge is 0.330 e. The lowest BCUT2D eigenvalue weighted by Crippen LogP contribution is -2.30. The molecule has 0 bridgehead atoms. The minimum absolute atomic E-state index is 0.0756. The van der Waals surface area contributed by atoms with Crippen LogP contribution in [0.15, 0.2) is 24.8 Å². The monoisotopic (exact) mass is 243 g/mol. The number of hydrogen-bond donors (Lipinski definition) is 0. The minimum Gasteiger partial charge on any atom is -0.330 e. The number of imidazole rings is 1. The van der Waals surface area contributed by atoms with Crippen LogP contribution in [-0.2, 0) is 11.3 Å². The predicted molar refractivity (Wildman–Crippen MR) is 69.1 cm³/mol. The van der Waals surface area contributed by atoms with E-state index in [0.29, 0.717) is 12.2 Å². The molecule has 2 aromatic rings. The molecule has 3 rings (SSSR count). The van der Waals surface area contributed by atoms with Crippen LogP contribution in [0, 0.1) is 5.41 Å². The lowest BCUT2D eigenvalue weighted by molar-refractivity contribution is -0.123. The molecule has 1 atom stereocenters. The molecule has 18 heavy (non-hydrogen) atoms. The average molecular weight is 243 g/mol. The summed E-state index contributed by atoms with van der Waals surface area (Å²) in [5, 5.41) is 0. The molecule has 0 aliphatic heterocycles. The van der Waals surface area contributed by atoms with E-state index in [9.17, 15) is 4.79 Å². The number of Topliss-reactive ketones (excluding diaryl/α,β-unsaturated/α-hetero) is 1. The molecule has 4 nitrogen and oxygen atoms in total. The van der Waals surface area contributed by atoms with Gasteiger partial charge >= 0.3 is 0 Å². The van der Waals surface area contributed by atoms with Crippen LogP contribution in [0.25, 0.3) is 11.0 Å². The maximum atomic E-state index is 11.6. The van der Waals surface area contributed by atoms with Gasteiger partial charge in [-0.15, -0.1) is 0 Å². The number of hydrogen-bond acceptors (Lipinski definition) is 3. The van der Waals surface area contributed by atoms with Crippen LogP contribution in [-0.4, -0.2) is 20.3 Å². The Balaban J connectivity index is 1.89. The van der Waals surface area contributed by atoms with Crippen molar-refractivity contribution in [1.29, 1.82) is 0 Å². The van der Waals surface area contributed by atoms with Gasteiger partial charge in [0, 0.05) is 25.6 Å². The number of nitrogens with zero attached hydrogens (tertiary/aromatic N) is 3. The molecule has 2 aromatic heterocycles. The molecule has 0 aromatic carbocycles. The van der Waals surface area contributed by atoms with Gasteiger partial charge < -0.3 is 4.57 Å². The van der Waals surface area contributed by atoms with Gasteiger partial charge in [0.25, 0.3) is 0 Å². The molecule has 1 aliphatic rings. The second kappa shape index (κ2) is 4.19. The summed E-state index contributed by atoms with van der Waals surface area (Å²) in [6, 6.07) is 1.98. The Bertz CT molecular complexity index is 589. The zero-order valence-electron chi connectivity index (χ0n) is 10.6. The first kappa shape index (κ1) is 11.4. The molecule has 1 saturated carbocycles. The van der Waals surface area contributed by atoms with Crippen LogP contribution in [0.5, 0.6) is 0 Å². The first-order valence-electron chi connectivity index (χ1n) is 6.43. The van der Waals surface area contributed by atoms with Crippen molar-refractivity contribution in [2.75, 3.05) is 0 Å². The molecule has 0 radical (unpaired) electrons. The highest BCUT2D eigenvalue weighted by atomic mass is 16.1. The van der Waals surface area contributed by atoms with Gasteiger partial charge in [0.15, 0.2) is 0 Å². The van der Waals surface area contributed by atoms with Gasteiger partial charge in [-0.3, -0.25) is 9.78 Å². The first-order chi connectivity index (χ1) is 8.66. The first-order valence-corrected chi connectivity index (χ1v) is 6.43. The molecule has 1 aliphatic carbocycles. The van der Waals surface area contributed by atoms with E-state index in [0.717, 1.165) is 36.8 Å². The van der Waals surface area contributed by atoms with Crippen molar-refractivity contribution in [1.82, 2.24) is 14.5 Å². The molecule has 0 saturated heterocycles. The Kier molecular flexibility index (Phi) is 2.65. The van der Waals surface area contributed by atoms with E-state index in [1.807, 2.05) is 12.4 Å². The normalized spacial score (nSPS) is 24.6. The van der Waals surface area contributed by atoms with Gasteiger partial charge in [0.1, 0.15) is 11.3 Å². The highest BCUT2D eigenvalue weighted by Gasteiger charge is 2.31. The van der Waals surface area contributed by atoms with Crippen LogP contribution in [0.1, 0.15) is 32.6 Å². The van der Waals surface area contributed by atoms with Crippen molar-refractivity contribution in [3.63, 3.8) is 0 Å². The number of ketones is 1. The van der Waals surface area contributed by atoms with Crippen LogP contribution in [0.4, 0.5) is 0 Å². The highest BCUT2D eigenvalue weighted by Crippen LogP contribution is 2.36. The molecule has 94 valence electrons. The van der Waals surface area contributed by atoms with Crippen molar-refractivity contribution in [3.05, 3.63) is 24.8 Å². The fraction of sp³-hybridized carbons (Fsp3) is 0.500. The lowest BCUT2D eigenvalue weighted by Gasteiger charge is -2.33. The fourth-order valence-electron chi connectivity index (χ4n) is 2.95. The predicted octanol–water partition coefficient (Wildman–Crippen LogP) is 2.58. The van der Waals surface area contributed by atoms with Crippen LogP contribution < -0.4 is 0 Å². The van der Waals surface area contributed by atoms with Gasteiger partial charge in [-0.2, -0.15) is 0 Å². The average Bonchev–Trinajstić information content (AvgIpc) is 2.72. The van der Waals surface area contributed by atoms with Crippen molar-refractivity contribution < 1.29 is 4.79 Å². The maximum Gasteiger partial charge on any atom is 0.133 e. The number of fused-ring (bicyclic) bond motifs is 1. The van der Waals surface area contributed by atoms with E-state index in [1.54, 1.807) is 12.4 Å². The van der Waals surface area contributed by atoms with E-state index in [1.165, 1.54) is 0 Å². The summed E-state index contributed by atoms with van der Waals surface area (Å²) in [6.45, 7) is 3.07. The molecule has 0 N–H and O–H groups in total. The van der Waals surface area contributed by atoms with Crippen molar-refractivity contribution in [2.24, 2.45) is 5.41 Å². The van der Waals surface area contributed by atoms with E-state index in [2.05, 4.69) is 21.5 Å². The Morgan fingerprint density at radius 2 is 2.39 bits per heavy atom. The van der Waals surface area contributed by atoms with E-state index in [4.69, 9.17) is 0 Å². The molecule has 0 spiro atoms. The second-order valence-electron chi connectivity index (χ2n) is 5.62. The maximum absolute atomic E-state index is 11.6. The summed E-state index contributed by atoms with van der Waals surface area (Å²) in [7, 11) is 0. The molecule has 0 amide bonds. The standard InChI is InChI=1S/C14H17N3O/c1-14(5-2-3-11(18)7-14)9-17-10-16-12-8-15-6-4-13(12)17/h4,6,8,10H,2-3,5,7,9H2,1H3/t14-/m0/s1. The quantitative estimate of drug-likeness (QED) is 0.814. The third-order valence-corrected chi connectivity index (χ3v) is 3.84. The van der Waals surface area contributed by atoms with Gasteiger partial charge in [-0.05, 0) is 24.3 Å². The third-order valence-electron chi connectivity index (χ3n) is 3.84. The van der Waals surface area contributed by atoms with Gasteiger partial charge in [-0.25, -0.2) is 4.98 Å². The molecule has 1 fully saturated rings. The number of rotatable bonds is 2. The second-order valence-corrected chi connectivity index (χ2v) is 5.62. The molecular formula is C14H17N3O. The fourth-order valence-corrected chi connectivity index (χ4v) is 2.95. The van der Waals surface area contributed by atoms with Crippen LogP contribution >= 0.6 is 0 Å². The zero-order valence-corrected chi connectivity index (χ0v) is 10.6. The van der Waals surface area contributed by atoms with E-state index >= 15 is 0 Å². The SMILES string of the molecule is C[C@]1(Cn2cnc3cnccc32)CCCC(=O)C1. The topological polar surface area (TPSA) is 47.8 Å². The highest BCUT2D eigenvalue weighted by molar-refractivity contribution is 5.80.